The lowest BCUT2D eigenvalue weighted by Gasteiger charge is -2.08. The summed E-state index contributed by atoms with van der Waals surface area (Å²) in [5.41, 5.74) is 1.35. The number of ether oxygens (including phenoxy) is 1. The third-order valence-corrected chi connectivity index (χ3v) is 2.86. The Morgan fingerprint density at radius 3 is 2.18 bits per heavy atom. The van der Waals surface area contributed by atoms with Crippen molar-refractivity contribution in [2.24, 2.45) is 0 Å². The molecule has 6 heteroatoms. The van der Waals surface area contributed by atoms with Crippen LogP contribution in [0.15, 0.2) is 54.6 Å². The number of carbonyl (C=O) groups is 2. The maximum Gasteiger partial charge on any atom is 0.413 e. The predicted molar refractivity (Wildman–Crippen MR) is 80.0 cm³/mol. The number of carboxylic acid groups (broad SMARTS) is 1. The van der Waals surface area contributed by atoms with E-state index in [0.717, 1.165) is 5.56 Å². The lowest BCUT2D eigenvalue weighted by Crippen LogP contribution is -2.31. The van der Waals surface area contributed by atoms with Gasteiger partial charge in [-0.15, -0.1) is 0 Å². The van der Waals surface area contributed by atoms with Gasteiger partial charge in [-0.3, -0.25) is 10.7 Å². The fourth-order valence-electron chi connectivity index (χ4n) is 1.71. The molecular weight excluding hydrogens is 284 g/mol. The SMILES string of the molecule is N=C(NC(=O)OCc1ccccc1)c1ccc(C(=O)O)cc1. The van der Waals surface area contributed by atoms with E-state index in [0.29, 0.717) is 5.56 Å². The zero-order valence-electron chi connectivity index (χ0n) is 11.6. The summed E-state index contributed by atoms with van der Waals surface area (Å²) in [4.78, 5) is 22.3. The standard InChI is InChI=1S/C16H14N2O4/c17-14(12-6-8-13(9-7-12)15(19)20)18-16(21)22-10-11-4-2-1-3-5-11/h1-9H,10H2,(H,19,20)(H2,17,18,21). The number of aromatic carboxylic acids is 1. The van der Waals surface area contributed by atoms with Crippen LogP contribution in [0.2, 0.25) is 0 Å². The molecular formula is C16H14N2O4. The zero-order chi connectivity index (χ0) is 15.9. The minimum absolute atomic E-state index is 0.109. The monoisotopic (exact) mass is 298 g/mol. The zero-order valence-corrected chi connectivity index (χ0v) is 11.6. The highest BCUT2D eigenvalue weighted by Crippen LogP contribution is 2.05. The number of alkyl carbamates (subject to hydrolysis) is 1. The van der Waals surface area contributed by atoms with Crippen molar-refractivity contribution in [1.82, 2.24) is 5.32 Å². The molecule has 0 spiro atoms. The molecule has 0 fully saturated rings. The van der Waals surface area contributed by atoms with Crippen LogP contribution in [-0.2, 0) is 11.3 Å². The Morgan fingerprint density at radius 1 is 1.00 bits per heavy atom. The molecule has 0 bridgehead atoms. The molecule has 0 aliphatic heterocycles. The van der Waals surface area contributed by atoms with Gasteiger partial charge in [0.1, 0.15) is 12.4 Å². The molecule has 0 heterocycles. The lowest BCUT2D eigenvalue weighted by molar-refractivity contribution is 0.0696. The molecule has 1 amide bonds. The van der Waals surface area contributed by atoms with Crippen LogP contribution in [-0.4, -0.2) is 23.0 Å². The molecule has 0 aliphatic rings. The molecule has 2 aromatic rings. The maximum absolute atomic E-state index is 11.6. The predicted octanol–water partition coefficient (Wildman–Crippen LogP) is 2.64. The minimum atomic E-state index is -1.05. The third kappa shape index (κ3) is 4.17. The van der Waals surface area contributed by atoms with Crippen molar-refractivity contribution in [3.05, 3.63) is 71.3 Å². The van der Waals surface area contributed by atoms with E-state index in [1.54, 1.807) is 0 Å². The normalized spacial score (nSPS) is 9.82. The van der Waals surface area contributed by atoms with Gasteiger partial charge in [0.15, 0.2) is 0 Å². The lowest BCUT2D eigenvalue weighted by atomic mass is 10.1. The highest BCUT2D eigenvalue weighted by molar-refractivity contribution is 6.04. The number of carbonyl (C=O) groups excluding carboxylic acids is 1. The van der Waals surface area contributed by atoms with Gasteiger partial charge in [-0.25, -0.2) is 9.59 Å². The number of hydrogen-bond donors (Lipinski definition) is 3. The molecule has 0 radical (unpaired) electrons. The van der Waals surface area contributed by atoms with Gasteiger partial charge >= 0.3 is 12.1 Å². The van der Waals surface area contributed by atoms with Gasteiger partial charge in [-0.2, -0.15) is 0 Å². The number of nitrogens with one attached hydrogen (secondary N) is 2. The Labute approximate surface area is 126 Å². The Hall–Kier alpha value is -3.15. The van der Waals surface area contributed by atoms with Crippen LogP contribution in [0.3, 0.4) is 0 Å². The second kappa shape index (κ2) is 7.03. The van der Waals surface area contributed by atoms with Crippen molar-refractivity contribution in [2.45, 2.75) is 6.61 Å². The van der Waals surface area contributed by atoms with Crippen molar-refractivity contribution in [3.63, 3.8) is 0 Å². The Kier molecular flexibility index (Phi) is 4.87. The highest BCUT2D eigenvalue weighted by Gasteiger charge is 2.09. The topological polar surface area (TPSA) is 99.5 Å². The molecule has 2 rings (SSSR count). The Morgan fingerprint density at radius 2 is 1.59 bits per heavy atom. The van der Waals surface area contributed by atoms with E-state index in [1.807, 2.05) is 30.3 Å². The van der Waals surface area contributed by atoms with Gasteiger partial charge in [0.25, 0.3) is 0 Å². The molecule has 0 atom stereocenters. The first-order valence-electron chi connectivity index (χ1n) is 6.46. The van der Waals surface area contributed by atoms with Crippen LogP contribution >= 0.6 is 0 Å². The fourth-order valence-corrected chi connectivity index (χ4v) is 1.71. The van der Waals surface area contributed by atoms with E-state index in [-0.39, 0.29) is 18.0 Å². The number of amidine groups is 1. The average Bonchev–Trinajstić information content (AvgIpc) is 2.54. The van der Waals surface area contributed by atoms with E-state index in [9.17, 15) is 9.59 Å². The van der Waals surface area contributed by atoms with Gasteiger partial charge in [0, 0.05) is 5.56 Å². The molecule has 22 heavy (non-hydrogen) atoms. The first kappa shape index (κ1) is 15.2. The minimum Gasteiger partial charge on any atom is -0.478 e. The summed E-state index contributed by atoms with van der Waals surface area (Å²) in [6.07, 6.45) is -0.740. The molecule has 112 valence electrons. The van der Waals surface area contributed by atoms with Crippen LogP contribution in [0.25, 0.3) is 0 Å². The van der Waals surface area contributed by atoms with Gasteiger partial charge < -0.3 is 9.84 Å². The molecule has 0 saturated heterocycles. The van der Waals surface area contributed by atoms with Gasteiger partial charge in [0.2, 0.25) is 0 Å². The summed E-state index contributed by atoms with van der Waals surface area (Å²) < 4.78 is 5.00. The van der Waals surface area contributed by atoms with Crippen LogP contribution in [0.4, 0.5) is 4.79 Å². The second-order valence-corrected chi connectivity index (χ2v) is 4.44. The van der Waals surface area contributed by atoms with E-state index in [2.05, 4.69) is 5.32 Å². The van der Waals surface area contributed by atoms with Crippen molar-refractivity contribution < 1.29 is 19.4 Å². The first-order valence-corrected chi connectivity index (χ1v) is 6.46. The summed E-state index contributed by atoms with van der Waals surface area (Å²) in [5.74, 6) is -1.21. The summed E-state index contributed by atoms with van der Waals surface area (Å²) >= 11 is 0. The number of benzene rings is 2. The smallest absolute Gasteiger partial charge is 0.413 e. The van der Waals surface area contributed by atoms with Gasteiger partial charge in [-0.05, 0) is 17.7 Å². The van der Waals surface area contributed by atoms with Crippen LogP contribution in [0.5, 0.6) is 0 Å². The fraction of sp³-hybridized carbons (Fsp3) is 0.0625. The average molecular weight is 298 g/mol. The summed E-state index contributed by atoms with van der Waals surface area (Å²) in [6, 6.07) is 14.8. The van der Waals surface area contributed by atoms with Crippen molar-refractivity contribution in [2.75, 3.05) is 0 Å². The second-order valence-electron chi connectivity index (χ2n) is 4.44. The first-order chi connectivity index (χ1) is 10.6. The van der Waals surface area contributed by atoms with Crippen LogP contribution in [0, 0.1) is 5.41 Å². The van der Waals surface area contributed by atoms with E-state index in [1.165, 1.54) is 24.3 Å². The maximum atomic E-state index is 11.6. The van der Waals surface area contributed by atoms with Crippen molar-refractivity contribution in [1.29, 1.82) is 5.41 Å². The summed E-state index contributed by atoms with van der Waals surface area (Å²) in [6.45, 7) is 0.109. The number of rotatable bonds is 4. The number of amides is 1. The largest absolute Gasteiger partial charge is 0.478 e. The number of hydrogen-bond acceptors (Lipinski definition) is 4. The van der Waals surface area contributed by atoms with Crippen LogP contribution < -0.4 is 5.32 Å². The van der Waals surface area contributed by atoms with Crippen molar-refractivity contribution >= 4 is 17.9 Å². The highest BCUT2D eigenvalue weighted by atomic mass is 16.5. The molecule has 2 aromatic carbocycles. The van der Waals surface area contributed by atoms with E-state index in [4.69, 9.17) is 15.3 Å². The van der Waals surface area contributed by atoms with E-state index < -0.39 is 12.1 Å². The summed E-state index contributed by atoms with van der Waals surface area (Å²) in [7, 11) is 0. The molecule has 0 aromatic heterocycles. The summed E-state index contributed by atoms with van der Waals surface area (Å²) in [5, 5.41) is 18.8. The Balaban J connectivity index is 1.88. The molecule has 3 N–H and O–H groups in total. The van der Waals surface area contributed by atoms with Crippen molar-refractivity contribution in [3.8, 4) is 0 Å². The quantitative estimate of drug-likeness (QED) is 0.596. The Bertz CT molecular complexity index is 681. The van der Waals surface area contributed by atoms with Gasteiger partial charge in [-0.1, -0.05) is 42.5 Å². The molecule has 0 unspecified atom stereocenters. The third-order valence-electron chi connectivity index (χ3n) is 2.86. The molecule has 0 aliphatic carbocycles. The van der Waals surface area contributed by atoms with Gasteiger partial charge in [0.05, 0.1) is 5.56 Å². The van der Waals surface area contributed by atoms with Crippen LogP contribution in [0.1, 0.15) is 21.5 Å². The molecule has 6 nitrogen and oxygen atoms in total. The number of carboxylic acids is 1. The van der Waals surface area contributed by atoms with E-state index >= 15 is 0 Å². The molecule has 0 saturated carbocycles.